The number of aromatic nitrogens is 4. The van der Waals surface area contributed by atoms with Crippen LogP contribution in [0.3, 0.4) is 0 Å². The topological polar surface area (TPSA) is 85.2 Å². The van der Waals surface area contributed by atoms with Crippen LogP contribution in [0, 0.1) is 0 Å². The Balaban J connectivity index is 1.39. The van der Waals surface area contributed by atoms with Crippen molar-refractivity contribution in [3.63, 3.8) is 0 Å². The summed E-state index contributed by atoms with van der Waals surface area (Å²) in [6.07, 6.45) is 7.20. The van der Waals surface area contributed by atoms with Crippen LogP contribution in [0.1, 0.15) is 29.8 Å². The lowest BCUT2D eigenvalue weighted by molar-refractivity contribution is 0.0819. The summed E-state index contributed by atoms with van der Waals surface area (Å²) >= 11 is 0. The summed E-state index contributed by atoms with van der Waals surface area (Å²) in [6.45, 7) is 0. The number of aryl methyl sites for hydroxylation is 1. The predicted octanol–water partition coefficient (Wildman–Crippen LogP) is 4.41. The number of amides is 1. The molecule has 4 aromatic rings. The Kier molecular flexibility index (Phi) is 5.42. The number of fused-ring (bicyclic) bond motifs is 1. The van der Waals surface area contributed by atoms with Crippen LogP contribution < -0.4 is 10.1 Å². The fourth-order valence-corrected chi connectivity index (χ4v) is 3.84. The summed E-state index contributed by atoms with van der Waals surface area (Å²) in [5, 5.41) is 4.27. The van der Waals surface area contributed by atoms with E-state index in [1.165, 1.54) is 6.42 Å². The van der Waals surface area contributed by atoms with Crippen molar-refractivity contribution in [1.29, 1.82) is 0 Å². The number of hydrogen-bond donors (Lipinski definition) is 1. The monoisotopic (exact) mass is 442 g/mol. The van der Waals surface area contributed by atoms with Crippen LogP contribution in [0.5, 0.6) is 5.75 Å². The number of ether oxygens (including phenoxy) is 1. The van der Waals surface area contributed by atoms with Gasteiger partial charge in [-0.3, -0.25) is 9.78 Å². The van der Waals surface area contributed by atoms with Gasteiger partial charge in [-0.05, 0) is 49.6 Å². The van der Waals surface area contributed by atoms with Crippen LogP contribution in [-0.2, 0) is 7.05 Å². The zero-order chi connectivity index (χ0) is 22.9. The average Bonchev–Trinajstić information content (AvgIpc) is 3.12. The number of anilines is 2. The second-order valence-corrected chi connectivity index (χ2v) is 8.50. The van der Waals surface area contributed by atoms with Crippen molar-refractivity contribution in [3.05, 3.63) is 60.6 Å². The molecular formula is C25H26N6O2. The Bertz CT molecular complexity index is 1330. The third-order valence-corrected chi connectivity index (χ3v) is 5.93. The Hall–Kier alpha value is -3.94. The molecule has 8 nitrogen and oxygen atoms in total. The van der Waals surface area contributed by atoms with Crippen LogP contribution in [-0.4, -0.2) is 50.5 Å². The van der Waals surface area contributed by atoms with Crippen molar-refractivity contribution in [2.45, 2.75) is 25.4 Å². The molecule has 0 atom stereocenters. The first kappa shape index (κ1) is 20.9. The van der Waals surface area contributed by atoms with Crippen LogP contribution in [0.15, 0.2) is 54.9 Å². The molecule has 0 spiro atoms. The van der Waals surface area contributed by atoms with Gasteiger partial charge in [0.15, 0.2) is 0 Å². The molecule has 0 saturated heterocycles. The maximum absolute atomic E-state index is 12.4. The highest BCUT2D eigenvalue weighted by molar-refractivity contribution is 5.99. The first-order chi connectivity index (χ1) is 16.0. The summed E-state index contributed by atoms with van der Waals surface area (Å²) in [4.78, 5) is 27.5. The number of nitrogens with zero attached hydrogens (tertiary/aromatic N) is 5. The van der Waals surface area contributed by atoms with Crippen molar-refractivity contribution in [3.8, 4) is 17.1 Å². The molecule has 1 fully saturated rings. The molecule has 3 heterocycles. The van der Waals surface area contributed by atoms with Gasteiger partial charge in [-0.15, -0.1) is 0 Å². The summed E-state index contributed by atoms with van der Waals surface area (Å²) < 4.78 is 7.90. The van der Waals surface area contributed by atoms with E-state index in [4.69, 9.17) is 4.74 Å². The van der Waals surface area contributed by atoms with Crippen LogP contribution in [0.2, 0.25) is 0 Å². The van der Waals surface area contributed by atoms with E-state index in [-0.39, 0.29) is 5.91 Å². The van der Waals surface area contributed by atoms with Crippen LogP contribution >= 0.6 is 0 Å². The van der Waals surface area contributed by atoms with Crippen molar-refractivity contribution in [2.24, 2.45) is 7.05 Å². The Labute approximate surface area is 192 Å². The second-order valence-electron chi connectivity index (χ2n) is 8.50. The third-order valence-electron chi connectivity index (χ3n) is 5.93. The molecule has 1 N–H and O–H groups in total. The van der Waals surface area contributed by atoms with Gasteiger partial charge in [0.1, 0.15) is 11.4 Å². The molecule has 1 aromatic carbocycles. The van der Waals surface area contributed by atoms with Gasteiger partial charge >= 0.3 is 0 Å². The summed E-state index contributed by atoms with van der Waals surface area (Å²) in [6, 6.07) is 13.5. The minimum absolute atomic E-state index is 0.0322. The van der Waals surface area contributed by atoms with E-state index in [2.05, 4.69) is 20.3 Å². The number of nitrogens with one attached hydrogen (secondary N) is 1. The smallest absolute Gasteiger partial charge is 0.269 e. The molecule has 0 aliphatic heterocycles. The summed E-state index contributed by atoms with van der Waals surface area (Å²) in [7, 11) is 5.40. The summed E-state index contributed by atoms with van der Waals surface area (Å²) in [5.74, 6) is 1.25. The van der Waals surface area contributed by atoms with E-state index < -0.39 is 0 Å². The van der Waals surface area contributed by atoms with Crippen molar-refractivity contribution >= 4 is 28.4 Å². The molecule has 0 radical (unpaired) electrons. The van der Waals surface area contributed by atoms with Crippen molar-refractivity contribution < 1.29 is 9.53 Å². The molecule has 33 heavy (non-hydrogen) atoms. The molecule has 5 rings (SSSR count). The maximum Gasteiger partial charge on any atom is 0.269 e. The molecule has 168 valence electrons. The second kappa shape index (κ2) is 8.54. The lowest BCUT2D eigenvalue weighted by Crippen LogP contribution is -2.24. The quantitative estimate of drug-likeness (QED) is 0.476. The van der Waals surface area contributed by atoms with Gasteiger partial charge in [0.2, 0.25) is 5.95 Å². The SMILES string of the molecule is CN(C)C(=O)c1cc2ccc(Nc3nccc(-c4cc(OC5CCC5)ccn4)n3)cc2n1C. The minimum Gasteiger partial charge on any atom is -0.490 e. The van der Waals surface area contributed by atoms with Crippen LogP contribution in [0.25, 0.3) is 22.3 Å². The standard InChI is InChI=1S/C25H26N6O2/c1-30(2)24(32)23-13-16-7-8-17(14-22(16)31(23)3)28-25-27-12-10-20(29-25)21-15-19(9-11-26-21)33-18-5-4-6-18/h7-15,18H,4-6H2,1-3H3,(H,27,28,29). The maximum atomic E-state index is 12.4. The van der Waals surface area contributed by atoms with E-state index in [1.54, 1.807) is 31.4 Å². The van der Waals surface area contributed by atoms with E-state index in [0.717, 1.165) is 40.9 Å². The fraction of sp³-hybridized carbons (Fsp3) is 0.280. The van der Waals surface area contributed by atoms with Gasteiger partial charge in [0.25, 0.3) is 5.91 Å². The number of carbonyl (C=O) groups excluding carboxylic acids is 1. The molecular weight excluding hydrogens is 416 g/mol. The van der Waals surface area contributed by atoms with E-state index in [9.17, 15) is 4.79 Å². The normalized spacial score (nSPS) is 13.5. The molecule has 1 aliphatic carbocycles. The molecule has 1 saturated carbocycles. The first-order valence-electron chi connectivity index (χ1n) is 11.0. The molecule has 8 heteroatoms. The number of pyridine rings is 1. The van der Waals surface area contributed by atoms with Crippen molar-refractivity contribution in [1.82, 2.24) is 24.4 Å². The van der Waals surface area contributed by atoms with Gasteiger partial charge in [-0.2, -0.15) is 0 Å². The highest BCUT2D eigenvalue weighted by Gasteiger charge is 2.19. The molecule has 0 unspecified atom stereocenters. The average molecular weight is 443 g/mol. The summed E-state index contributed by atoms with van der Waals surface area (Å²) in [5.41, 5.74) is 3.87. The first-order valence-corrected chi connectivity index (χ1v) is 11.0. The largest absolute Gasteiger partial charge is 0.490 e. The highest BCUT2D eigenvalue weighted by atomic mass is 16.5. The van der Waals surface area contributed by atoms with Crippen LogP contribution in [0.4, 0.5) is 11.6 Å². The van der Waals surface area contributed by atoms with Gasteiger partial charge in [0, 0.05) is 50.7 Å². The Morgan fingerprint density at radius 1 is 1.06 bits per heavy atom. The minimum atomic E-state index is -0.0322. The third kappa shape index (κ3) is 4.24. The van der Waals surface area contributed by atoms with E-state index >= 15 is 0 Å². The Morgan fingerprint density at radius 3 is 2.64 bits per heavy atom. The van der Waals surface area contributed by atoms with E-state index in [0.29, 0.717) is 23.4 Å². The molecule has 3 aromatic heterocycles. The van der Waals surface area contributed by atoms with Crippen molar-refractivity contribution in [2.75, 3.05) is 19.4 Å². The molecule has 1 amide bonds. The van der Waals surface area contributed by atoms with Gasteiger partial charge in [0.05, 0.1) is 23.0 Å². The molecule has 1 aliphatic rings. The van der Waals surface area contributed by atoms with Gasteiger partial charge in [-0.1, -0.05) is 6.07 Å². The Morgan fingerprint density at radius 2 is 1.88 bits per heavy atom. The number of rotatable bonds is 6. The lowest BCUT2D eigenvalue weighted by Gasteiger charge is -2.26. The number of carbonyl (C=O) groups is 1. The number of benzene rings is 1. The van der Waals surface area contributed by atoms with E-state index in [1.807, 2.05) is 54.1 Å². The molecule has 0 bridgehead atoms. The predicted molar refractivity (Wildman–Crippen MR) is 128 cm³/mol. The number of hydrogen-bond acceptors (Lipinski definition) is 6. The lowest BCUT2D eigenvalue weighted by atomic mass is 9.96. The van der Waals surface area contributed by atoms with Gasteiger partial charge < -0.3 is 19.5 Å². The highest BCUT2D eigenvalue weighted by Crippen LogP contribution is 2.28. The zero-order valence-electron chi connectivity index (χ0n) is 18.9. The fourth-order valence-electron chi connectivity index (χ4n) is 3.84. The van der Waals surface area contributed by atoms with Gasteiger partial charge in [-0.25, -0.2) is 9.97 Å². The zero-order valence-corrected chi connectivity index (χ0v) is 18.9.